The molecule has 26 heavy (non-hydrogen) atoms. The van der Waals surface area contributed by atoms with Gasteiger partial charge < -0.3 is 15.1 Å². The summed E-state index contributed by atoms with van der Waals surface area (Å²) in [5.74, 6) is 2.02. The molecule has 3 rings (SSSR count). The number of guanidine groups is 1. The van der Waals surface area contributed by atoms with Gasteiger partial charge in [-0.1, -0.05) is 18.2 Å². The average molecular weight is 483 g/mol. The molecule has 0 amide bonds. The first kappa shape index (κ1) is 20.8. The van der Waals surface area contributed by atoms with Gasteiger partial charge in [0, 0.05) is 50.9 Å². The molecule has 2 heterocycles. The molecule has 0 radical (unpaired) electrons. The second kappa shape index (κ2) is 10.6. The van der Waals surface area contributed by atoms with Gasteiger partial charge in [0.1, 0.15) is 5.82 Å². The maximum absolute atomic E-state index is 4.45. The van der Waals surface area contributed by atoms with E-state index in [0.717, 1.165) is 44.5 Å². The number of piperazine rings is 1. The molecule has 2 aromatic rings. The molecule has 1 aliphatic rings. The molecule has 0 spiro atoms. The molecule has 0 unspecified atom stereocenters. The van der Waals surface area contributed by atoms with Gasteiger partial charge in [-0.25, -0.2) is 4.98 Å². The molecule has 7 heteroatoms. The minimum Gasteiger partial charge on any atom is -0.353 e. The first-order chi connectivity index (χ1) is 12.3. The van der Waals surface area contributed by atoms with Crippen molar-refractivity contribution in [3.63, 3.8) is 0 Å². The number of thioether (sulfide) groups is 1. The number of hydrogen-bond donors (Lipinski definition) is 1. The lowest BCUT2D eigenvalue weighted by Crippen LogP contribution is -2.52. The number of aromatic nitrogens is 1. The van der Waals surface area contributed by atoms with Gasteiger partial charge in [0.15, 0.2) is 5.96 Å². The highest BCUT2D eigenvalue weighted by atomic mass is 127. The number of hydrogen-bond acceptors (Lipinski definition) is 4. The van der Waals surface area contributed by atoms with Crippen LogP contribution in [0.5, 0.6) is 0 Å². The second-order valence-electron chi connectivity index (χ2n) is 5.91. The van der Waals surface area contributed by atoms with E-state index in [4.69, 9.17) is 0 Å². The third-order valence-electron chi connectivity index (χ3n) is 4.37. The Labute approximate surface area is 177 Å². The standard InChI is InChI=1S/C19H25N5S.HI/c1-20-19(22-15-16-6-8-17(25-2)9-7-16)24-13-11-23(12-14-24)18-5-3-4-10-21-18;/h3-10H,11-15H2,1-2H3,(H,20,22);1H. The van der Waals surface area contributed by atoms with Crippen LogP contribution in [0.25, 0.3) is 0 Å². The Morgan fingerprint density at radius 1 is 1.12 bits per heavy atom. The Hall–Kier alpha value is -1.48. The van der Waals surface area contributed by atoms with Crippen molar-refractivity contribution < 1.29 is 0 Å². The van der Waals surface area contributed by atoms with Crippen LogP contribution in [0, 0.1) is 0 Å². The Morgan fingerprint density at radius 3 is 2.42 bits per heavy atom. The van der Waals surface area contributed by atoms with Gasteiger partial charge in [-0.15, -0.1) is 35.7 Å². The highest BCUT2D eigenvalue weighted by Gasteiger charge is 2.20. The van der Waals surface area contributed by atoms with Crippen molar-refractivity contribution >= 4 is 47.5 Å². The number of benzene rings is 1. The number of nitrogens with one attached hydrogen (secondary N) is 1. The predicted octanol–water partition coefficient (Wildman–Crippen LogP) is 3.32. The second-order valence-corrected chi connectivity index (χ2v) is 6.79. The van der Waals surface area contributed by atoms with E-state index in [1.165, 1.54) is 10.5 Å². The van der Waals surface area contributed by atoms with Gasteiger partial charge in [-0.3, -0.25) is 4.99 Å². The van der Waals surface area contributed by atoms with Crippen molar-refractivity contribution in [2.75, 3.05) is 44.4 Å². The zero-order chi connectivity index (χ0) is 17.5. The zero-order valence-corrected chi connectivity index (χ0v) is 18.4. The van der Waals surface area contributed by atoms with Crippen molar-refractivity contribution in [2.45, 2.75) is 11.4 Å². The van der Waals surface area contributed by atoms with E-state index in [0.29, 0.717) is 0 Å². The normalized spacial score (nSPS) is 14.8. The molecule has 1 aromatic heterocycles. The van der Waals surface area contributed by atoms with E-state index in [1.807, 2.05) is 25.4 Å². The van der Waals surface area contributed by atoms with E-state index in [-0.39, 0.29) is 24.0 Å². The first-order valence-corrected chi connectivity index (χ1v) is 9.77. The Morgan fingerprint density at radius 2 is 1.85 bits per heavy atom. The number of aliphatic imine (C=N–C) groups is 1. The number of halogens is 1. The van der Waals surface area contributed by atoms with Gasteiger partial charge in [0.2, 0.25) is 0 Å². The van der Waals surface area contributed by atoms with Crippen molar-refractivity contribution in [3.05, 3.63) is 54.2 Å². The van der Waals surface area contributed by atoms with Crippen LogP contribution < -0.4 is 10.2 Å². The summed E-state index contributed by atoms with van der Waals surface area (Å²) in [4.78, 5) is 14.8. The van der Waals surface area contributed by atoms with Gasteiger partial charge in [-0.2, -0.15) is 0 Å². The SMILES string of the molecule is CN=C(NCc1ccc(SC)cc1)N1CCN(c2ccccn2)CC1.I. The summed E-state index contributed by atoms with van der Waals surface area (Å²) in [6, 6.07) is 14.7. The van der Waals surface area contributed by atoms with Crippen molar-refractivity contribution in [1.29, 1.82) is 0 Å². The smallest absolute Gasteiger partial charge is 0.194 e. The summed E-state index contributed by atoms with van der Waals surface area (Å²) in [6.45, 7) is 4.60. The van der Waals surface area contributed by atoms with Crippen LogP contribution in [0.3, 0.4) is 0 Å². The molecule has 1 aromatic carbocycles. The van der Waals surface area contributed by atoms with E-state index < -0.39 is 0 Å². The largest absolute Gasteiger partial charge is 0.353 e. The first-order valence-electron chi connectivity index (χ1n) is 8.54. The van der Waals surface area contributed by atoms with Crippen LogP contribution in [0.2, 0.25) is 0 Å². The molecular weight excluding hydrogens is 457 g/mol. The monoisotopic (exact) mass is 483 g/mol. The third kappa shape index (κ3) is 5.51. The maximum atomic E-state index is 4.45. The summed E-state index contributed by atoms with van der Waals surface area (Å²) < 4.78 is 0. The average Bonchev–Trinajstić information content (AvgIpc) is 2.70. The molecule has 1 fully saturated rings. The molecule has 1 N–H and O–H groups in total. The molecule has 0 bridgehead atoms. The predicted molar refractivity (Wildman–Crippen MR) is 122 cm³/mol. The van der Waals surface area contributed by atoms with Crippen LogP contribution >= 0.6 is 35.7 Å². The minimum absolute atomic E-state index is 0. The van der Waals surface area contributed by atoms with Gasteiger partial charge in [-0.05, 0) is 36.1 Å². The summed E-state index contributed by atoms with van der Waals surface area (Å²) in [5.41, 5.74) is 1.27. The van der Waals surface area contributed by atoms with E-state index in [9.17, 15) is 0 Å². The summed E-state index contributed by atoms with van der Waals surface area (Å²) in [6.07, 6.45) is 3.95. The molecular formula is C19H26IN5S. The topological polar surface area (TPSA) is 43.8 Å². The van der Waals surface area contributed by atoms with E-state index in [1.54, 1.807) is 11.8 Å². The fourth-order valence-electron chi connectivity index (χ4n) is 2.94. The maximum Gasteiger partial charge on any atom is 0.194 e. The summed E-state index contributed by atoms with van der Waals surface area (Å²) in [7, 11) is 1.85. The van der Waals surface area contributed by atoms with Crippen LogP contribution in [0.1, 0.15) is 5.56 Å². The third-order valence-corrected chi connectivity index (χ3v) is 5.12. The molecule has 5 nitrogen and oxygen atoms in total. The van der Waals surface area contributed by atoms with Gasteiger partial charge in [0.05, 0.1) is 0 Å². The summed E-state index contributed by atoms with van der Waals surface area (Å²) in [5, 5.41) is 3.48. The van der Waals surface area contributed by atoms with Crippen molar-refractivity contribution in [3.8, 4) is 0 Å². The fraction of sp³-hybridized carbons (Fsp3) is 0.368. The van der Waals surface area contributed by atoms with Crippen molar-refractivity contribution in [1.82, 2.24) is 15.2 Å². The molecule has 140 valence electrons. The van der Waals surface area contributed by atoms with Crippen LogP contribution in [-0.2, 0) is 6.54 Å². The lowest BCUT2D eigenvalue weighted by atomic mass is 10.2. The molecule has 1 aliphatic heterocycles. The van der Waals surface area contributed by atoms with Crippen LogP contribution in [0.4, 0.5) is 5.82 Å². The number of anilines is 1. The highest BCUT2D eigenvalue weighted by Crippen LogP contribution is 2.15. The summed E-state index contributed by atoms with van der Waals surface area (Å²) >= 11 is 1.77. The quantitative estimate of drug-likeness (QED) is 0.313. The molecule has 1 saturated heterocycles. The number of nitrogens with zero attached hydrogens (tertiary/aromatic N) is 4. The van der Waals surface area contributed by atoms with Crippen LogP contribution in [-0.4, -0.2) is 55.3 Å². The molecule has 0 atom stereocenters. The van der Waals surface area contributed by atoms with Gasteiger partial charge in [0.25, 0.3) is 0 Å². The zero-order valence-electron chi connectivity index (χ0n) is 15.3. The lowest BCUT2D eigenvalue weighted by molar-refractivity contribution is 0.371. The highest BCUT2D eigenvalue weighted by molar-refractivity contribution is 14.0. The Kier molecular flexibility index (Phi) is 8.50. The lowest BCUT2D eigenvalue weighted by Gasteiger charge is -2.37. The van der Waals surface area contributed by atoms with Crippen molar-refractivity contribution in [2.24, 2.45) is 4.99 Å². The molecule has 0 saturated carbocycles. The van der Waals surface area contributed by atoms with E-state index >= 15 is 0 Å². The Bertz CT molecular complexity index is 685. The van der Waals surface area contributed by atoms with Gasteiger partial charge >= 0.3 is 0 Å². The number of pyridine rings is 1. The minimum atomic E-state index is 0. The Balaban J connectivity index is 0.00000243. The van der Waals surface area contributed by atoms with Crippen LogP contribution in [0.15, 0.2) is 58.5 Å². The van der Waals surface area contributed by atoms with E-state index in [2.05, 4.69) is 61.7 Å². The number of rotatable bonds is 4. The fourth-order valence-corrected chi connectivity index (χ4v) is 3.35. The molecule has 0 aliphatic carbocycles.